The maximum absolute atomic E-state index is 3.68. The van der Waals surface area contributed by atoms with Crippen molar-refractivity contribution < 1.29 is 0 Å². The topological polar surface area (TPSA) is 27.3 Å². The van der Waals surface area contributed by atoms with E-state index >= 15 is 0 Å². The van der Waals surface area contributed by atoms with Gasteiger partial charge in [0.2, 0.25) is 0 Å². The minimum atomic E-state index is 0.438. The molecule has 4 heteroatoms. The lowest BCUT2D eigenvalue weighted by Crippen LogP contribution is -2.50. The van der Waals surface area contributed by atoms with Crippen molar-refractivity contribution in [1.29, 1.82) is 0 Å². The third kappa shape index (κ3) is 3.22. The lowest BCUT2D eigenvalue weighted by molar-refractivity contribution is 0.358. The summed E-state index contributed by atoms with van der Waals surface area (Å²) in [4.78, 5) is 2.60. The van der Waals surface area contributed by atoms with Crippen LogP contribution < -0.4 is 10.6 Å². The minimum absolute atomic E-state index is 0.438. The Labute approximate surface area is 115 Å². The lowest BCUT2D eigenvalue weighted by Gasteiger charge is -2.36. The van der Waals surface area contributed by atoms with Crippen LogP contribution >= 0.6 is 11.8 Å². The SMILES string of the molecule is C1=C2NC(SCCN3CCCC3)NCC2CCC1. The van der Waals surface area contributed by atoms with Gasteiger partial charge in [-0.3, -0.25) is 5.32 Å². The van der Waals surface area contributed by atoms with Crippen LogP contribution in [0.1, 0.15) is 32.1 Å². The van der Waals surface area contributed by atoms with Gasteiger partial charge < -0.3 is 10.2 Å². The van der Waals surface area contributed by atoms with Crippen molar-refractivity contribution in [3.8, 4) is 0 Å². The highest BCUT2D eigenvalue weighted by Crippen LogP contribution is 2.27. The first-order chi connectivity index (χ1) is 8.92. The zero-order valence-electron chi connectivity index (χ0n) is 11.2. The van der Waals surface area contributed by atoms with Crippen LogP contribution in [-0.2, 0) is 0 Å². The molecular formula is C14H25N3S. The van der Waals surface area contributed by atoms with E-state index in [1.165, 1.54) is 69.7 Å². The Morgan fingerprint density at radius 1 is 1.28 bits per heavy atom. The Bertz CT molecular complexity index is 299. The number of allylic oxidation sites excluding steroid dienone is 1. The van der Waals surface area contributed by atoms with Gasteiger partial charge in [-0.05, 0) is 45.2 Å². The first-order valence-electron chi connectivity index (χ1n) is 7.46. The largest absolute Gasteiger partial charge is 0.365 e. The predicted octanol–water partition coefficient (Wildman–Crippen LogP) is 1.98. The molecule has 0 spiro atoms. The quantitative estimate of drug-likeness (QED) is 0.814. The van der Waals surface area contributed by atoms with Gasteiger partial charge in [0.25, 0.3) is 0 Å². The van der Waals surface area contributed by atoms with E-state index in [1.54, 1.807) is 0 Å². The number of nitrogens with one attached hydrogen (secondary N) is 2. The van der Waals surface area contributed by atoms with Gasteiger partial charge in [-0.2, -0.15) is 0 Å². The molecule has 102 valence electrons. The van der Waals surface area contributed by atoms with Crippen molar-refractivity contribution in [2.45, 2.75) is 37.6 Å². The van der Waals surface area contributed by atoms with Gasteiger partial charge in [-0.1, -0.05) is 6.08 Å². The van der Waals surface area contributed by atoms with E-state index in [-0.39, 0.29) is 0 Å². The molecule has 2 saturated heterocycles. The van der Waals surface area contributed by atoms with Crippen molar-refractivity contribution in [2.75, 3.05) is 31.9 Å². The third-order valence-electron chi connectivity index (χ3n) is 4.30. The van der Waals surface area contributed by atoms with Crippen molar-refractivity contribution in [3.05, 3.63) is 11.8 Å². The summed E-state index contributed by atoms with van der Waals surface area (Å²) in [6.07, 6.45) is 9.21. The molecule has 0 aromatic rings. The molecular weight excluding hydrogens is 242 g/mol. The Kier molecular flexibility index (Phi) is 4.49. The first-order valence-corrected chi connectivity index (χ1v) is 8.50. The fourth-order valence-corrected chi connectivity index (χ4v) is 4.22. The highest BCUT2D eigenvalue weighted by atomic mass is 32.2. The van der Waals surface area contributed by atoms with Crippen LogP contribution in [0.15, 0.2) is 11.8 Å². The summed E-state index contributed by atoms with van der Waals surface area (Å²) in [5, 5.41) is 7.31. The minimum Gasteiger partial charge on any atom is -0.365 e. The molecule has 0 amide bonds. The second kappa shape index (κ2) is 6.31. The average Bonchev–Trinajstić information content (AvgIpc) is 2.92. The maximum Gasteiger partial charge on any atom is 0.125 e. The number of fused-ring (bicyclic) bond motifs is 1. The van der Waals surface area contributed by atoms with E-state index in [1.807, 2.05) is 11.8 Å². The van der Waals surface area contributed by atoms with E-state index in [2.05, 4.69) is 21.6 Å². The van der Waals surface area contributed by atoms with E-state index in [0.29, 0.717) is 5.50 Å². The van der Waals surface area contributed by atoms with E-state index in [9.17, 15) is 0 Å². The highest BCUT2D eigenvalue weighted by molar-refractivity contribution is 7.99. The number of hydrogen-bond donors (Lipinski definition) is 2. The van der Waals surface area contributed by atoms with Gasteiger partial charge in [0, 0.05) is 30.5 Å². The molecule has 2 heterocycles. The third-order valence-corrected chi connectivity index (χ3v) is 5.34. The Morgan fingerprint density at radius 2 is 2.17 bits per heavy atom. The molecule has 3 rings (SSSR count). The summed E-state index contributed by atoms with van der Waals surface area (Å²) in [6.45, 7) is 5.06. The van der Waals surface area contributed by atoms with Gasteiger partial charge in [0.15, 0.2) is 0 Å². The van der Waals surface area contributed by atoms with E-state index in [0.717, 1.165) is 5.92 Å². The van der Waals surface area contributed by atoms with Crippen molar-refractivity contribution in [3.63, 3.8) is 0 Å². The molecule has 2 aliphatic heterocycles. The van der Waals surface area contributed by atoms with Crippen molar-refractivity contribution >= 4 is 11.8 Å². The standard InChI is InChI=1S/C14H25N3S/c1-2-6-13-12(5-1)11-15-14(16-13)18-10-9-17-7-3-4-8-17/h6,12,14-16H,1-5,7-11H2. The van der Waals surface area contributed by atoms with Gasteiger partial charge in [-0.25, -0.2) is 0 Å². The summed E-state index contributed by atoms with van der Waals surface area (Å²) >= 11 is 2.04. The van der Waals surface area contributed by atoms with Crippen LogP contribution in [0.4, 0.5) is 0 Å². The number of rotatable bonds is 4. The second-order valence-corrected chi connectivity index (χ2v) is 6.85. The summed E-state index contributed by atoms with van der Waals surface area (Å²) in [6, 6.07) is 0. The molecule has 3 aliphatic rings. The molecule has 1 aliphatic carbocycles. The maximum atomic E-state index is 3.68. The highest BCUT2D eigenvalue weighted by Gasteiger charge is 2.25. The fraction of sp³-hybridized carbons (Fsp3) is 0.857. The molecule has 2 N–H and O–H groups in total. The molecule has 18 heavy (non-hydrogen) atoms. The monoisotopic (exact) mass is 267 g/mol. The van der Waals surface area contributed by atoms with Crippen LogP contribution in [0.2, 0.25) is 0 Å². The lowest BCUT2D eigenvalue weighted by atomic mass is 9.91. The first kappa shape index (κ1) is 12.8. The second-order valence-electron chi connectivity index (χ2n) is 5.64. The normalized spacial score (nSPS) is 32.8. The zero-order chi connectivity index (χ0) is 12.2. The molecule has 0 saturated carbocycles. The smallest absolute Gasteiger partial charge is 0.125 e. The molecule has 0 aromatic heterocycles. The Hall–Kier alpha value is -0.190. The molecule has 0 radical (unpaired) electrons. The van der Waals surface area contributed by atoms with E-state index < -0.39 is 0 Å². The van der Waals surface area contributed by atoms with Gasteiger partial charge in [-0.15, -0.1) is 11.8 Å². The average molecular weight is 267 g/mol. The van der Waals surface area contributed by atoms with Gasteiger partial charge in [0.1, 0.15) is 5.50 Å². The molecule has 3 nitrogen and oxygen atoms in total. The number of nitrogens with zero attached hydrogens (tertiary/aromatic N) is 1. The van der Waals surface area contributed by atoms with Gasteiger partial charge in [0.05, 0.1) is 0 Å². The van der Waals surface area contributed by atoms with Crippen LogP contribution in [0.3, 0.4) is 0 Å². The summed E-state index contributed by atoms with van der Waals surface area (Å²) in [7, 11) is 0. The molecule has 0 aromatic carbocycles. The molecule has 0 bridgehead atoms. The molecule has 2 fully saturated rings. The number of hydrogen-bond acceptors (Lipinski definition) is 4. The van der Waals surface area contributed by atoms with Crippen LogP contribution in [-0.4, -0.2) is 42.3 Å². The molecule has 2 atom stereocenters. The summed E-state index contributed by atoms with van der Waals surface area (Å²) in [5.74, 6) is 2.00. The van der Waals surface area contributed by atoms with Crippen LogP contribution in [0.25, 0.3) is 0 Å². The van der Waals surface area contributed by atoms with Crippen molar-refractivity contribution in [1.82, 2.24) is 15.5 Å². The van der Waals surface area contributed by atoms with Gasteiger partial charge >= 0.3 is 0 Å². The predicted molar refractivity (Wildman–Crippen MR) is 78.5 cm³/mol. The Balaban J connectivity index is 1.39. The molecule has 2 unspecified atom stereocenters. The fourth-order valence-electron chi connectivity index (χ4n) is 3.19. The number of likely N-dealkylation sites (tertiary alicyclic amines) is 1. The zero-order valence-corrected chi connectivity index (χ0v) is 12.0. The Morgan fingerprint density at radius 3 is 3.06 bits per heavy atom. The van der Waals surface area contributed by atoms with Crippen molar-refractivity contribution in [2.24, 2.45) is 5.92 Å². The summed E-state index contributed by atoms with van der Waals surface area (Å²) in [5.41, 5.74) is 1.95. The van der Waals surface area contributed by atoms with Crippen LogP contribution in [0.5, 0.6) is 0 Å². The summed E-state index contributed by atoms with van der Waals surface area (Å²) < 4.78 is 0. The van der Waals surface area contributed by atoms with E-state index in [4.69, 9.17) is 0 Å². The number of thioether (sulfide) groups is 1. The van der Waals surface area contributed by atoms with Crippen LogP contribution in [0, 0.1) is 5.92 Å².